The zero-order valence-electron chi connectivity index (χ0n) is 23.3. The maximum absolute atomic E-state index is 14.0. The highest BCUT2D eigenvalue weighted by Gasteiger charge is 2.34. The summed E-state index contributed by atoms with van der Waals surface area (Å²) in [5, 5.41) is 3.40. The number of carbonyl (C=O) groups excluding carboxylic acids is 2. The number of nitrogens with zero attached hydrogens (tertiary/aromatic N) is 2. The van der Waals surface area contributed by atoms with Gasteiger partial charge < -0.3 is 15.0 Å². The molecule has 0 aliphatic carbocycles. The summed E-state index contributed by atoms with van der Waals surface area (Å²) in [5.41, 5.74) is -0.149. The first-order chi connectivity index (χ1) is 19.1. The van der Waals surface area contributed by atoms with Crippen molar-refractivity contribution >= 4 is 50.7 Å². The number of anilines is 1. The van der Waals surface area contributed by atoms with Crippen LogP contribution in [0, 0.1) is 5.82 Å². The molecule has 2 amide bonds. The van der Waals surface area contributed by atoms with Crippen LogP contribution in [-0.2, 0) is 26.2 Å². The van der Waals surface area contributed by atoms with Gasteiger partial charge in [-0.3, -0.25) is 13.9 Å². The first kappa shape index (κ1) is 32.2. The number of benzene rings is 3. The van der Waals surface area contributed by atoms with Crippen LogP contribution in [0.25, 0.3) is 0 Å². The molecule has 3 aromatic rings. The molecule has 0 saturated carbocycles. The summed E-state index contributed by atoms with van der Waals surface area (Å²) in [6, 6.07) is 14.2. The van der Waals surface area contributed by atoms with E-state index >= 15 is 0 Å². The van der Waals surface area contributed by atoms with Crippen molar-refractivity contribution in [1.82, 2.24) is 10.2 Å². The quantitative estimate of drug-likeness (QED) is 0.314. The van der Waals surface area contributed by atoms with E-state index < -0.39 is 45.8 Å². The normalized spacial score (nSPS) is 12.4. The van der Waals surface area contributed by atoms with Crippen LogP contribution in [0.2, 0.25) is 10.0 Å². The van der Waals surface area contributed by atoms with E-state index in [4.69, 9.17) is 27.9 Å². The van der Waals surface area contributed by atoms with Crippen LogP contribution in [0.3, 0.4) is 0 Å². The van der Waals surface area contributed by atoms with E-state index in [9.17, 15) is 22.4 Å². The maximum atomic E-state index is 14.0. The lowest BCUT2D eigenvalue weighted by Crippen LogP contribution is -2.54. The third-order valence-electron chi connectivity index (χ3n) is 6.10. The number of carbonyl (C=O) groups is 2. The van der Waals surface area contributed by atoms with E-state index in [0.29, 0.717) is 11.3 Å². The lowest BCUT2D eigenvalue weighted by Gasteiger charge is -2.33. The first-order valence-electron chi connectivity index (χ1n) is 12.6. The average molecular weight is 625 g/mol. The number of hydrogen-bond acceptors (Lipinski definition) is 5. The van der Waals surface area contributed by atoms with Crippen molar-refractivity contribution in [2.45, 2.75) is 50.7 Å². The number of hydrogen-bond donors (Lipinski definition) is 1. The fourth-order valence-corrected chi connectivity index (χ4v) is 5.85. The molecular weight excluding hydrogens is 592 g/mol. The van der Waals surface area contributed by atoms with Crippen molar-refractivity contribution in [2.24, 2.45) is 0 Å². The first-order valence-corrected chi connectivity index (χ1v) is 14.8. The molecule has 220 valence electrons. The zero-order valence-corrected chi connectivity index (χ0v) is 25.6. The van der Waals surface area contributed by atoms with Crippen LogP contribution in [0.4, 0.5) is 10.1 Å². The summed E-state index contributed by atoms with van der Waals surface area (Å²) >= 11 is 12.8. The Morgan fingerprint density at radius 2 is 1.54 bits per heavy atom. The predicted molar refractivity (Wildman–Crippen MR) is 158 cm³/mol. The molecule has 0 aliphatic rings. The van der Waals surface area contributed by atoms with Crippen LogP contribution in [0.5, 0.6) is 5.75 Å². The highest BCUT2D eigenvalue weighted by Crippen LogP contribution is 2.29. The van der Waals surface area contributed by atoms with Gasteiger partial charge in [0.1, 0.15) is 24.2 Å². The van der Waals surface area contributed by atoms with E-state index in [1.807, 2.05) is 0 Å². The summed E-state index contributed by atoms with van der Waals surface area (Å²) in [4.78, 5) is 28.3. The molecule has 41 heavy (non-hydrogen) atoms. The molecule has 0 bridgehead atoms. The number of halogens is 3. The Balaban J connectivity index is 2.07. The van der Waals surface area contributed by atoms with Crippen LogP contribution in [-0.4, -0.2) is 50.4 Å². The molecule has 0 unspecified atom stereocenters. The van der Waals surface area contributed by atoms with Crippen LogP contribution in [0.15, 0.2) is 71.6 Å². The maximum Gasteiger partial charge on any atom is 0.264 e. The Kier molecular flexibility index (Phi) is 10.3. The minimum Gasteiger partial charge on any atom is -0.497 e. The summed E-state index contributed by atoms with van der Waals surface area (Å²) in [6.45, 7) is 6.06. The Morgan fingerprint density at radius 3 is 2.05 bits per heavy atom. The van der Waals surface area contributed by atoms with Gasteiger partial charge in [-0.05, 0) is 88.4 Å². The van der Waals surface area contributed by atoms with E-state index in [1.54, 1.807) is 39.0 Å². The molecule has 0 aliphatic heterocycles. The van der Waals surface area contributed by atoms with Gasteiger partial charge in [0, 0.05) is 27.7 Å². The minimum absolute atomic E-state index is 0.0538. The lowest BCUT2D eigenvalue weighted by atomic mass is 10.1. The third-order valence-corrected chi connectivity index (χ3v) is 8.59. The second-order valence-electron chi connectivity index (χ2n) is 10.3. The van der Waals surface area contributed by atoms with Crippen molar-refractivity contribution in [1.29, 1.82) is 0 Å². The monoisotopic (exact) mass is 623 g/mol. The summed E-state index contributed by atoms with van der Waals surface area (Å²) < 4.78 is 47.4. The molecule has 0 aromatic heterocycles. The van der Waals surface area contributed by atoms with Gasteiger partial charge in [0.2, 0.25) is 11.8 Å². The molecule has 0 fully saturated rings. The lowest BCUT2D eigenvalue weighted by molar-refractivity contribution is -0.140. The highest BCUT2D eigenvalue weighted by molar-refractivity contribution is 7.92. The minimum atomic E-state index is -4.33. The predicted octanol–water partition coefficient (Wildman–Crippen LogP) is 5.67. The fraction of sp³-hybridized carbons (Fsp3) is 0.310. The molecule has 1 atom stereocenters. The average Bonchev–Trinajstić information content (AvgIpc) is 2.90. The number of ether oxygens (including phenoxy) is 1. The van der Waals surface area contributed by atoms with Gasteiger partial charge in [-0.1, -0.05) is 29.3 Å². The molecule has 1 N–H and O–H groups in total. The SMILES string of the molecule is COc1ccc(S(=O)(=O)N(CC(=O)N(Cc2c(Cl)cccc2Cl)[C@H](C)C(=O)NC(C)(C)C)c2ccc(F)cc2)cc1. The van der Waals surface area contributed by atoms with Gasteiger partial charge in [-0.2, -0.15) is 0 Å². The van der Waals surface area contributed by atoms with Crippen molar-refractivity contribution in [3.63, 3.8) is 0 Å². The highest BCUT2D eigenvalue weighted by atomic mass is 35.5. The van der Waals surface area contributed by atoms with E-state index in [-0.39, 0.29) is 27.2 Å². The van der Waals surface area contributed by atoms with Crippen LogP contribution >= 0.6 is 23.2 Å². The molecular formula is C29H32Cl2FN3O5S. The molecule has 0 spiro atoms. The van der Waals surface area contributed by atoms with E-state index in [1.165, 1.54) is 55.3 Å². The fourth-order valence-electron chi connectivity index (χ4n) is 3.92. The molecule has 0 radical (unpaired) electrons. The Labute approximate surface area is 250 Å². The van der Waals surface area contributed by atoms with E-state index in [0.717, 1.165) is 16.4 Å². The number of rotatable bonds is 10. The number of sulfonamides is 1. The van der Waals surface area contributed by atoms with Crippen molar-refractivity contribution in [3.8, 4) is 5.75 Å². The summed E-state index contributed by atoms with van der Waals surface area (Å²) in [6.07, 6.45) is 0. The topological polar surface area (TPSA) is 96.0 Å². The van der Waals surface area contributed by atoms with Crippen molar-refractivity contribution in [3.05, 3.63) is 88.2 Å². The Hall–Kier alpha value is -3.34. The molecule has 3 rings (SSSR count). The zero-order chi connectivity index (χ0) is 30.5. The number of nitrogens with one attached hydrogen (secondary N) is 1. The van der Waals surface area contributed by atoms with Gasteiger partial charge in [0.15, 0.2) is 0 Å². The Bertz CT molecular complexity index is 1470. The van der Waals surface area contributed by atoms with Crippen LogP contribution in [0.1, 0.15) is 33.3 Å². The molecule has 12 heteroatoms. The van der Waals surface area contributed by atoms with Gasteiger partial charge in [-0.25, -0.2) is 12.8 Å². The summed E-state index contributed by atoms with van der Waals surface area (Å²) in [5.74, 6) is -1.31. The van der Waals surface area contributed by atoms with Crippen LogP contribution < -0.4 is 14.4 Å². The molecule has 0 saturated heterocycles. The number of amides is 2. The summed E-state index contributed by atoms with van der Waals surface area (Å²) in [7, 11) is -2.88. The van der Waals surface area contributed by atoms with Gasteiger partial charge >= 0.3 is 0 Å². The second-order valence-corrected chi connectivity index (χ2v) is 13.0. The molecule has 8 nitrogen and oxygen atoms in total. The third kappa shape index (κ3) is 8.12. The Morgan fingerprint density at radius 1 is 0.976 bits per heavy atom. The van der Waals surface area contributed by atoms with Gasteiger partial charge in [-0.15, -0.1) is 0 Å². The van der Waals surface area contributed by atoms with E-state index in [2.05, 4.69) is 5.32 Å². The largest absolute Gasteiger partial charge is 0.497 e. The van der Waals surface area contributed by atoms with Gasteiger partial charge in [0.25, 0.3) is 10.0 Å². The number of methoxy groups -OCH3 is 1. The standard InChI is InChI=1S/C29H32Cl2FN3O5S/c1-19(28(37)33-29(2,3)4)34(17-24-25(30)7-6-8-26(24)31)27(36)18-35(21-11-9-20(32)10-12-21)41(38,39)23-15-13-22(40-5)14-16-23/h6-16,19H,17-18H2,1-5H3,(H,33,37)/t19-/m1/s1. The molecule has 0 heterocycles. The molecule has 3 aromatic carbocycles. The second kappa shape index (κ2) is 13.1. The van der Waals surface area contributed by atoms with Crippen molar-refractivity contribution < 1.29 is 27.1 Å². The smallest absolute Gasteiger partial charge is 0.264 e. The van der Waals surface area contributed by atoms with Gasteiger partial charge in [0.05, 0.1) is 17.7 Å². The van der Waals surface area contributed by atoms with Crippen molar-refractivity contribution in [2.75, 3.05) is 18.0 Å².